The van der Waals surface area contributed by atoms with E-state index in [1.165, 1.54) is 51.4 Å². The van der Waals surface area contributed by atoms with Gasteiger partial charge in [0.2, 0.25) is 0 Å². The summed E-state index contributed by atoms with van der Waals surface area (Å²) in [6.07, 6.45) is 6.31. The molecule has 0 aromatic heterocycles. The number of aliphatic hydroxyl groups is 4. The molecule has 0 radical (unpaired) electrons. The zero-order valence-electron chi connectivity index (χ0n) is 16.6. The zero-order valence-corrected chi connectivity index (χ0v) is 16.6. The van der Waals surface area contributed by atoms with Crippen LogP contribution in [0.25, 0.3) is 0 Å². The molecule has 160 valence electrons. The van der Waals surface area contributed by atoms with Crippen molar-refractivity contribution in [3.05, 3.63) is 0 Å². The summed E-state index contributed by atoms with van der Waals surface area (Å²) in [6.45, 7) is 1.69. The number of unbranched alkanes of at least 4 members (excludes halogenated alkanes) is 10. The van der Waals surface area contributed by atoms with E-state index in [4.69, 9.17) is 9.47 Å². The molecule has 0 amide bonds. The summed E-state index contributed by atoms with van der Waals surface area (Å²) in [5.74, 6) is -0.499. The minimum absolute atomic E-state index is 0.219. The highest BCUT2D eigenvalue weighted by Gasteiger charge is 2.45. The van der Waals surface area contributed by atoms with E-state index in [0.717, 1.165) is 12.8 Å². The van der Waals surface area contributed by atoms with E-state index in [-0.39, 0.29) is 6.42 Å². The van der Waals surface area contributed by atoms with Crippen molar-refractivity contribution in [2.75, 3.05) is 6.61 Å². The van der Waals surface area contributed by atoms with Crippen molar-refractivity contribution in [1.29, 1.82) is 0 Å². The maximum atomic E-state index is 12.0. The van der Waals surface area contributed by atoms with Crippen LogP contribution in [0.2, 0.25) is 0 Å². The van der Waals surface area contributed by atoms with Crippen LogP contribution in [0.5, 0.6) is 0 Å². The summed E-state index contributed by atoms with van der Waals surface area (Å²) in [6, 6.07) is 0. The van der Waals surface area contributed by atoms with Gasteiger partial charge in [0.05, 0.1) is 6.61 Å². The molecule has 0 aliphatic carbocycles. The van der Waals surface area contributed by atoms with E-state index in [9.17, 15) is 25.2 Å². The van der Waals surface area contributed by atoms with Crippen molar-refractivity contribution in [1.82, 2.24) is 0 Å². The third-order valence-electron chi connectivity index (χ3n) is 5.09. The smallest absolute Gasteiger partial charge is 0.306 e. The first-order valence-electron chi connectivity index (χ1n) is 10.5. The molecule has 1 fully saturated rings. The minimum Gasteiger partial charge on any atom is -0.457 e. The van der Waals surface area contributed by atoms with E-state index < -0.39 is 43.3 Å². The molecule has 7 heteroatoms. The van der Waals surface area contributed by atoms with Gasteiger partial charge in [-0.1, -0.05) is 71.1 Å². The highest BCUT2D eigenvalue weighted by molar-refractivity contribution is 5.69. The molecular weight excluding hydrogens is 352 g/mol. The molecule has 1 saturated heterocycles. The van der Waals surface area contributed by atoms with Crippen LogP contribution < -0.4 is 0 Å². The predicted octanol–water partition coefficient (Wildman–Crippen LogP) is 2.03. The van der Waals surface area contributed by atoms with Gasteiger partial charge in [-0.2, -0.15) is 0 Å². The van der Waals surface area contributed by atoms with E-state index in [1.54, 1.807) is 0 Å². The van der Waals surface area contributed by atoms with Crippen LogP contribution in [0.4, 0.5) is 0 Å². The summed E-state index contributed by atoms with van der Waals surface area (Å²) < 4.78 is 10.1. The third-order valence-corrected chi connectivity index (χ3v) is 5.09. The number of hydrogen-bond acceptors (Lipinski definition) is 7. The third kappa shape index (κ3) is 9.34. The van der Waals surface area contributed by atoms with Gasteiger partial charge in [-0.05, 0) is 6.42 Å². The molecule has 1 rings (SSSR count). The SMILES string of the molecule is CCCCCCCCCCCCCC(=O)O[C@H]1[C@H](O)[C@@H](O)C(O)O[C@@H]1CO. The number of aliphatic hydroxyl groups excluding tert-OH is 4. The predicted molar refractivity (Wildman–Crippen MR) is 101 cm³/mol. The first-order chi connectivity index (χ1) is 13.0. The average Bonchev–Trinajstić information content (AvgIpc) is 2.66. The summed E-state index contributed by atoms with van der Waals surface area (Å²) >= 11 is 0. The minimum atomic E-state index is -1.61. The van der Waals surface area contributed by atoms with Crippen LogP contribution in [-0.4, -0.2) is 63.7 Å². The number of carbonyl (C=O) groups excluding carboxylic acids is 1. The van der Waals surface area contributed by atoms with Crippen molar-refractivity contribution in [2.24, 2.45) is 0 Å². The first kappa shape index (κ1) is 24.3. The van der Waals surface area contributed by atoms with Crippen LogP contribution in [0.15, 0.2) is 0 Å². The summed E-state index contributed by atoms with van der Waals surface area (Å²) in [4.78, 5) is 12.0. The van der Waals surface area contributed by atoms with Crippen molar-refractivity contribution in [3.63, 3.8) is 0 Å². The summed E-state index contributed by atoms with van der Waals surface area (Å²) in [7, 11) is 0. The molecule has 1 unspecified atom stereocenters. The number of carbonyl (C=O) groups is 1. The second-order valence-electron chi connectivity index (χ2n) is 7.47. The Hall–Kier alpha value is -0.730. The number of hydrogen-bond donors (Lipinski definition) is 4. The summed E-state index contributed by atoms with van der Waals surface area (Å²) in [5.41, 5.74) is 0. The van der Waals surface area contributed by atoms with E-state index in [0.29, 0.717) is 6.42 Å². The summed E-state index contributed by atoms with van der Waals surface area (Å²) in [5, 5.41) is 38.2. The normalized spacial score (nSPS) is 28.3. The Labute approximate surface area is 162 Å². The van der Waals surface area contributed by atoms with Gasteiger partial charge in [0, 0.05) is 6.42 Å². The van der Waals surface area contributed by atoms with Gasteiger partial charge in [-0.25, -0.2) is 0 Å². The molecular formula is C20H38O7. The highest BCUT2D eigenvalue weighted by Crippen LogP contribution is 2.23. The van der Waals surface area contributed by atoms with Crippen LogP contribution >= 0.6 is 0 Å². The molecule has 0 aromatic carbocycles. The van der Waals surface area contributed by atoms with Crippen molar-refractivity contribution in [3.8, 4) is 0 Å². The topological polar surface area (TPSA) is 116 Å². The van der Waals surface area contributed by atoms with Gasteiger partial charge in [0.1, 0.15) is 18.3 Å². The van der Waals surface area contributed by atoms with Crippen LogP contribution in [0, 0.1) is 0 Å². The van der Waals surface area contributed by atoms with Gasteiger partial charge in [0.25, 0.3) is 0 Å². The van der Waals surface area contributed by atoms with E-state index in [2.05, 4.69) is 6.92 Å². The fourth-order valence-electron chi connectivity index (χ4n) is 3.36. The molecule has 0 bridgehead atoms. The van der Waals surface area contributed by atoms with Crippen molar-refractivity contribution < 1.29 is 34.7 Å². The standard InChI is InChI=1S/C20H38O7/c1-2-3-4-5-6-7-8-9-10-11-12-13-16(22)27-19-15(14-21)26-20(25)18(24)17(19)23/h15,17-21,23-25H,2-14H2,1H3/t15-,17-,18-,19-,20?/m1/s1. The average molecular weight is 391 g/mol. The molecule has 1 heterocycles. The lowest BCUT2D eigenvalue weighted by molar-refractivity contribution is -0.289. The Morgan fingerprint density at radius 1 is 0.852 bits per heavy atom. The van der Waals surface area contributed by atoms with Gasteiger partial charge in [-0.3, -0.25) is 4.79 Å². The maximum absolute atomic E-state index is 12.0. The Bertz CT molecular complexity index is 389. The zero-order chi connectivity index (χ0) is 20.1. The fraction of sp³-hybridized carbons (Fsp3) is 0.950. The molecule has 1 aliphatic rings. The number of ether oxygens (including phenoxy) is 2. The monoisotopic (exact) mass is 390 g/mol. The molecule has 27 heavy (non-hydrogen) atoms. The Morgan fingerprint density at radius 3 is 1.89 bits per heavy atom. The van der Waals surface area contributed by atoms with Crippen molar-refractivity contribution >= 4 is 5.97 Å². The van der Waals surface area contributed by atoms with Crippen LogP contribution in [0.3, 0.4) is 0 Å². The van der Waals surface area contributed by atoms with Crippen LogP contribution in [0.1, 0.15) is 84.0 Å². The van der Waals surface area contributed by atoms with Gasteiger partial charge < -0.3 is 29.9 Å². The Kier molecular flexibility index (Phi) is 12.9. The Morgan fingerprint density at radius 2 is 1.37 bits per heavy atom. The van der Waals surface area contributed by atoms with Gasteiger partial charge >= 0.3 is 5.97 Å². The van der Waals surface area contributed by atoms with Gasteiger partial charge in [-0.15, -0.1) is 0 Å². The second kappa shape index (κ2) is 14.3. The van der Waals surface area contributed by atoms with Crippen LogP contribution in [-0.2, 0) is 14.3 Å². The van der Waals surface area contributed by atoms with E-state index >= 15 is 0 Å². The molecule has 1 aliphatic heterocycles. The largest absolute Gasteiger partial charge is 0.457 e. The maximum Gasteiger partial charge on any atom is 0.306 e. The fourth-order valence-corrected chi connectivity index (χ4v) is 3.36. The quantitative estimate of drug-likeness (QED) is 0.265. The van der Waals surface area contributed by atoms with Gasteiger partial charge in [0.15, 0.2) is 12.4 Å². The molecule has 0 saturated carbocycles. The molecule has 0 aromatic rings. The molecule has 4 N–H and O–H groups in total. The second-order valence-corrected chi connectivity index (χ2v) is 7.47. The molecule has 0 spiro atoms. The lowest BCUT2D eigenvalue weighted by Crippen LogP contribution is -2.59. The molecule has 5 atom stereocenters. The lowest BCUT2D eigenvalue weighted by Gasteiger charge is -2.39. The van der Waals surface area contributed by atoms with Crippen molar-refractivity contribution in [2.45, 2.75) is 115 Å². The number of esters is 1. The lowest BCUT2D eigenvalue weighted by atomic mass is 9.99. The Balaban J connectivity index is 2.09. The van der Waals surface area contributed by atoms with E-state index in [1.807, 2.05) is 0 Å². The molecule has 7 nitrogen and oxygen atoms in total. The highest BCUT2D eigenvalue weighted by atomic mass is 16.7. The first-order valence-corrected chi connectivity index (χ1v) is 10.5. The number of rotatable bonds is 14.